The van der Waals surface area contributed by atoms with E-state index in [9.17, 15) is 14.4 Å². The van der Waals surface area contributed by atoms with Crippen molar-refractivity contribution in [2.45, 2.75) is 25.5 Å². The largest absolute Gasteiger partial charge is 0.442 e. The van der Waals surface area contributed by atoms with Gasteiger partial charge < -0.3 is 20.7 Å². The van der Waals surface area contributed by atoms with E-state index in [2.05, 4.69) is 5.32 Å². The van der Waals surface area contributed by atoms with Gasteiger partial charge in [-0.1, -0.05) is 24.3 Å². The van der Waals surface area contributed by atoms with Crippen LogP contribution in [0.3, 0.4) is 0 Å². The van der Waals surface area contributed by atoms with Crippen molar-refractivity contribution in [3.63, 3.8) is 0 Å². The summed E-state index contributed by atoms with van der Waals surface area (Å²) in [6.45, 7) is 3.57. The summed E-state index contributed by atoms with van der Waals surface area (Å²) in [5.41, 5.74) is 9.18. The minimum Gasteiger partial charge on any atom is -0.442 e. The van der Waals surface area contributed by atoms with Crippen molar-refractivity contribution in [1.29, 1.82) is 0 Å². The normalized spacial score (nSPS) is 20.6. The van der Waals surface area contributed by atoms with Crippen LogP contribution in [0.2, 0.25) is 0 Å². The number of rotatable bonds is 5. The molecule has 162 valence electrons. The zero-order valence-electron chi connectivity index (χ0n) is 17.4. The molecule has 2 aromatic carbocycles. The molecule has 4 rings (SSSR count). The number of nitrogens with two attached hydrogens (primary N) is 1. The highest BCUT2D eigenvalue weighted by atomic mass is 16.6. The first-order chi connectivity index (χ1) is 14.9. The van der Waals surface area contributed by atoms with Gasteiger partial charge in [0.1, 0.15) is 6.10 Å². The van der Waals surface area contributed by atoms with Crippen LogP contribution >= 0.6 is 0 Å². The molecule has 31 heavy (non-hydrogen) atoms. The molecule has 2 atom stereocenters. The summed E-state index contributed by atoms with van der Waals surface area (Å²) in [5.74, 6) is -0.160. The van der Waals surface area contributed by atoms with Crippen LogP contribution in [0.5, 0.6) is 0 Å². The smallest absolute Gasteiger partial charge is 0.414 e. The topological polar surface area (TPSA) is 105 Å². The number of anilines is 2. The van der Waals surface area contributed by atoms with Gasteiger partial charge in [0, 0.05) is 31.7 Å². The maximum absolute atomic E-state index is 12.5. The number of hydrogen-bond acceptors (Lipinski definition) is 6. The van der Waals surface area contributed by atoms with Crippen molar-refractivity contribution in [1.82, 2.24) is 5.32 Å². The monoisotopic (exact) mass is 422 g/mol. The fraction of sp³-hybridized carbons (Fsp3) is 0.348. The Kier molecular flexibility index (Phi) is 5.90. The standard InChI is InChI=1S/C23H26N4O4/c1-15(28)25-12-20-14-27(23(30)31-20)19-6-2-16(3-7-19)17-4-8-21(22(29)9-5-17)26-11-10-18(24)13-26/h2-9,18,20H,10-14,24H2,1H3,(H,25,28). The van der Waals surface area contributed by atoms with E-state index in [-0.39, 0.29) is 30.0 Å². The number of nitrogens with zero attached hydrogens (tertiary/aromatic N) is 2. The molecular weight excluding hydrogens is 396 g/mol. The van der Waals surface area contributed by atoms with Gasteiger partial charge in [-0.3, -0.25) is 14.5 Å². The van der Waals surface area contributed by atoms with E-state index in [0.29, 0.717) is 18.8 Å². The van der Waals surface area contributed by atoms with E-state index in [4.69, 9.17) is 10.5 Å². The predicted octanol–water partition coefficient (Wildman–Crippen LogP) is 1.71. The molecule has 2 fully saturated rings. The van der Waals surface area contributed by atoms with E-state index >= 15 is 0 Å². The maximum Gasteiger partial charge on any atom is 0.414 e. The van der Waals surface area contributed by atoms with E-state index in [1.165, 1.54) is 6.92 Å². The van der Waals surface area contributed by atoms with Gasteiger partial charge in [-0.2, -0.15) is 0 Å². The molecule has 3 N–H and O–H groups in total. The molecule has 2 amide bonds. The van der Waals surface area contributed by atoms with Gasteiger partial charge in [-0.15, -0.1) is 0 Å². The lowest BCUT2D eigenvalue weighted by atomic mass is 10.1. The Bertz CT molecular complexity index is 1040. The predicted molar refractivity (Wildman–Crippen MR) is 119 cm³/mol. The molecule has 0 spiro atoms. The zero-order valence-corrected chi connectivity index (χ0v) is 17.4. The molecule has 2 aliphatic rings. The third-order valence-corrected chi connectivity index (χ3v) is 5.62. The molecule has 8 heteroatoms. The Balaban J connectivity index is 1.49. The number of amides is 2. The molecule has 0 aliphatic carbocycles. The number of cyclic esters (lactones) is 1. The van der Waals surface area contributed by atoms with Crippen LogP contribution in [0, 0.1) is 0 Å². The number of carbonyl (C=O) groups excluding carboxylic acids is 2. The fourth-order valence-corrected chi connectivity index (χ4v) is 3.95. The average Bonchev–Trinajstić information content (AvgIpc) is 3.28. The number of carbonyl (C=O) groups is 2. The first-order valence-electron chi connectivity index (χ1n) is 10.4. The molecule has 8 nitrogen and oxygen atoms in total. The summed E-state index contributed by atoms with van der Waals surface area (Å²) in [6.07, 6.45) is 0.0762. The number of ether oxygens (including phenoxy) is 1. The minimum atomic E-state index is -0.432. The van der Waals surface area contributed by atoms with Gasteiger partial charge in [0.2, 0.25) is 11.3 Å². The Morgan fingerprint density at radius 2 is 1.74 bits per heavy atom. The SMILES string of the molecule is CC(=O)NCC1CN(c2ccc(-c3ccc(N4CCC(N)C4)c(=O)cc3)cc2)C(=O)O1. The van der Waals surface area contributed by atoms with Crippen LogP contribution in [0.15, 0.2) is 53.3 Å². The Labute approximate surface area is 180 Å². The Hall–Kier alpha value is -3.39. The van der Waals surface area contributed by atoms with Crippen molar-refractivity contribution in [2.75, 3.05) is 36.0 Å². The highest BCUT2D eigenvalue weighted by Crippen LogP contribution is 2.26. The van der Waals surface area contributed by atoms with Crippen LogP contribution in [-0.2, 0) is 9.53 Å². The molecule has 0 radical (unpaired) electrons. The maximum atomic E-state index is 12.5. The van der Waals surface area contributed by atoms with Gasteiger partial charge >= 0.3 is 6.09 Å². The van der Waals surface area contributed by atoms with Crippen molar-refractivity contribution in [3.05, 3.63) is 58.8 Å². The third kappa shape index (κ3) is 4.69. The van der Waals surface area contributed by atoms with Crippen LogP contribution in [0.25, 0.3) is 11.1 Å². The average molecular weight is 422 g/mol. The summed E-state index contributed by atoms with van der Waals surface area (Å²) >= 11 is 0. The first kappa shape index (κ1) is 20.9. The second-order valence-corrected chi connectivity index (χ2v) is 7.97. The Morgan fingerprint density at radius 3 is 2.39 bits per heavy atom. The zero-order chi connectivity index (χ0) is 22.0. The fourth-order valence-electron chi connectivity index (χ4n) is 3.95. The molecular formula is C23H26N4O4. The number of benzene rings is 1. The third-order valence-electron chi connectivity index (χ3n) is 5.62. The number of hydrogen-bond donors (Lipinski definition) is 2. The van der Waals surface area contributed by atoms with Gasteiger partial charge in [-0.05, 0) is 41.8 Å². The van der Waals surface area contributed by atoms with Gasteiger partial charge in [0.05, 0.1) is 18.8 Å². The molecule has 2 unspecified atom stereocenters. The highest BCUT2D eigenvalue weighted by molar-refractivity contribution is 5.90. The molecule has 2 aromatic rings. The summed E-state index contributed by atoms with van der Waals surface area (Å²) in [7, 11) is 0. The van der Waals surface area contributed by atoms with Gasteiger partial charge in [-0.25, -0.2) is 4.79 Å². The van der Waals surface area contributed by atoms with Crippen molar-refractivity contribution >= 4 is 23.4 Å². The quantitative estimate of drug-likeness (QED) is 0.760. The second kappa shape index (κ2) is 8.77. The molecule has 2 saturated heterocycles. The first-order valence-corrected chi connectivity index (χ1v) is 10.4. The molecule has 0 bridgehead atoms. The molecule has 2 heterocycles. The Morgan fingerprint density at radius 1 is 1.06 bits per heavy atom. The van der Waals surface area contributed by atoms with E-state index in [0.717, 1.165) is 29.8 Å². The van der Waals surface area contributed by atoms with Crippen LogP contribution in [-0.4, -0.2) is 50.3 Å². The second-order valence-electron chi connectivity index (χ2n) is 7.97. The van der Waals surface area contributed by atoms with Gasteiger partial charge in [0.15, 0.2) is 0 Å². The minimum absolute atomic E-state index is 0.0259. The van der Waals surface area contributed by atoms with Crippen LogP contribution in [0.1, 0.15) is 13.3 Å². The molecule has 0 saturated carbocycles. The summed E-state index contributed by atoms with van der Waals surface area (Å²) < 4.78 is 5.31. The lowest BCUT2D eigenvalue weighted by Crippen LogP contribution is -2.33. The van der Waals surface area contributed by atoms with Crippen molar-refractivity contribution in [2.24, 2.45) is 5.73 Å². The lowest BCUT2D eigenvalue weighted by Gasteiger charge is -2.15. The van der Waals surface area contributed by atoms with Crippen LogP contribution < -0.4 is 26.3 Å². The van der Waals surface area contributed by atoms with Crippen LogP contribution in [0.4, 0.5) is 16.2 Å². The summed E-state index contributed by atoms with van der Waals surface area (Å²) in [4.78, 5) is 39.4. The van der Waals surface area contributed by atoms with Gasteiger partial charge in [0.25, 0.3) is 0 Å². The van der Waals surface area contributed by atoms with Crippen molar-refractivity contribution < 1.29 is 14.3 Å². The summed E-state index contributed by atoms with van der Waals surface area (Å²) in [5, 5.41) is 2.67. The molecule has 2 aliphatic heterocycles. The summed E-state index contributed by atoms with van der Waals surface area (Å²) in [6, 6.07) is 14.8. The lowest BCUT2D eigenvalue weighted by molar-refractivity contribution is -0.119. The van der Waals surface area contributed by atoms with E-state index in [1.54, 1.807) is 11.0 Å². The van der Waals surface area contributed by atoms with E-state index in [1.807, 2.05) is 47.4 Å². The molecule has 0 aromatic heterocycles. The highest BCUT2D eigenvalue weighted by Gasteiger charge is 2.32. The number of nitrogens with one attached hydrogen (secondary N) is 1. The van der Waals surface area contributed by atoms with Crippen molar-refractivity contribution in [3.8, 4) is 11.1 Å². The van der Waals surface area contributed by atoms with E-state index < -0.39 is 6.09 Å².